The summed E-state index contributed by atoms with van der Waals surface area (Å²) < 4.78 is 5.08. The topological polar surface area (TPSA) is 95.5 Å². The standard InChI is InChI=1S/C15H19N7O/c1-4-21-13(16)12(14(23)22(21)5-2)18-19-15-17-10-8-6-7-9-11(10)20(15)3/h6-9H,4-5,16H2,1-3H3/b19-18+. The Morgan fingerprint density at radius 2 is 1.83 bits per heavy atom. The fraction of sp³-hybridized carbons (Fsp3) is 0.333. The maximum Gasteiger partial charge on any atom is 0.296 e. The van der Waals surface area contributed by atoms with E-state index in [0.717, 1.165) is 11.0 Å². The van der Waals surface area contributed by atoms with Gasteiger partial charge in [0.05, 0.1) is 11.0 Å². The number of anilines is 1. The normalized spacial score (nSPS) is 11.8. The molecule has 0 aliphatic heterocycles. The number of aromatic nitrogens is 4. The van der Waals surface area contributed by atoms with Crippen molar-refractivity contribution in [3.63, 3.8) is 0 Å². The maximum absolute atomic E-state index is 12.4. The number of nitrogens with zero attached hydrogens (tertiary/aromatic N) is 6. The number of imidazole rings is 1. The van der Waals surface area contributed by atoms with Crippen molar-refractivity contribution >= 4 is 28.5 Å². The molecule has 2 heterocycles. The Kier molecular flexibility index (Phi) is 3.73. The Hall–Kier alpha value is -2.90. The molecule has 0 spiro atoms. The van der Waals surface area contributed by atoms with Crippen LogP contribution >= 0.6 is 0 Å². The molecule has 0 bridgehead atoms. The first kappa shape index (κ1) is 15.0. The lowest BCUT2D eigenvalue weighted by atomic mass is 10.3. The van der Waals surface area contributed by atoms with Gasteiger partial charge < -0.3 is 10.3 Å². The summed E-state index contributed by atoms with van der Waals surface area (Å²) in [4.78, 5) is 16.8. The fourth-order valence-corrected chi connectivity index (χ4v) is 2.66. The molecule has 0 saturated carbocycles. The zero-order valence-electron chi connectivity index (χ0n) is 13.4. The number of nitrogen functional groups attached to an aromatic ring is 1. The van der Waals surface area contributed by atoms with Gasteiger partial charge in [-0.25, -0.2) is 9.67 Å². The van der Waals surface area contributed by atoms with Gasteiger partial charge in [0.2, 0.25) is 5.95 Å². The van der Waals surface area contributed by atoms with Gasteiger partial charge in [-0.05, 0) is 26.0 Å². The maximum atomic E-state index is 12.4. The van der Waals surface area contributed by atoms with E-state index in [1.807, 2.05) is 49.7 Å². The average molecular weight is 313 g/mol. The molecule has 8 nitrogen and oxygen atoms in total. The molecule has 2 aromatic heterocycles. The van der Waals surface area contributed by atoms with E-state index in [0.29, 0.717) is 24.9 Å². The minimum atomic E-state index is -0.241. The Balaban J connectivity index is 2.07. The Bertz CT molecular complexity index is 945. The molecule has 120 valence electrons. The number of azo groups is 1. The highest BCUT2D eigenvalue weighted by Gasteiger charge is 2.16. The van der Waals surface area contributed by atoms with Crippen LogP contribution in [0.2, 0.25) is 0 Å². The van der Waals surface area contributed by atoms with Crippen molar-refractivity contribution in [1.29, 1.82) is 0 Å². The van der Waals surface area contributed by atoms with Crippen LogP contribution in [0.3, 0.4) is 0 Å². The Morgan fingerprint density at radius 3 is 2.43 bits per heavy atom. The zero-order valence-corrected chi connectivity index (χ0v) is 13.4. The van der Waals surface area contributed by atoms with E-state index < -0.39 is 0 Å². The lowest BCUT2D eigenvalue weighted by Gasteiger charge is -2.07. The van der Waals surface area contributed by atoms with Crippen molar-refractivity contribution < 1.29 is 0 Å². The predicted octanol–water partition coefficient (Wildman–Crippen LogP) is 2.57. The molecule has 0 radical (unpaired) electrons. The molecule has 3 rings (SSSR count). The highest BCUT2D eigenvalue weighted by Crippen LogP contribution is 2.24. The van der Waals surface area contributed by atoms with Crippen LogP contribution in [0.5, 0.6) is 0 Å². The third-order valence-corrected chi connectivity index (χ3v) is 3.85. The molecule has 2 N–H and O–H groups in total. The summed E-state index contributed by atoms with van der Waals surface area (Å²) in [6.07, 6.45) is 0. The van der Waals surface area contributed by atoms with Crippen LogP contribution in [-0.4, -0.2) is 18.9 Å². The third-order valence-electron chi connectivity index (χ3n) is 3.85. The average Bonchev–Trinajstić information content (AvgIpc) is 3.00. The lowest BCUT2D eigenvalue weighted by molar-refractivity contribution is 0.483. The molecule has 1 aromatic carbocycles. The summed E-state index contributed by atoms with van der Waals surface area (Å²) >= 11 is 0. The molecule has 0 fully saturated rings. The van der Waals surface area contributed by atoms with Gasteiger partial charge in [0, 0.05) is 20.1 Å². The van der Waals surface area contributed by atoms with Crippen LogP contribution < -0.4 is 11.3 Å². The summed E-state index contributed by atoms with van der Waals surface area (Å²) in [5, 5.41) is 8.20. The highest BCUT2D eigenvalue weighted by molar-refractivity contribution is 5.77. The van der Waals surface area contributed by atoms with E-state index in [4.69, 9.17) is 5.73 Å². The highest BCUT2D eigenvalue weighted by atomic mass is 16.1. The molecule has 0 aliphatic carbocycles. The van der Waals surface area contributed by atoms with Crippen LogP contribution in [-0.2, 0) is 20.1 Å². The van der Waals surface area contributed by atoms with Crippen molar-refractivity contribution in [3.8, 4) is 0 Å². The molecule has 0 amide bonds. The number of benzene rings is 1. The second-order valence-electron chi connectivity index (χ2n) is 5.13. The third kappa shape index (κ3) is 2.32. The van der Waals surface area contributed by atoms with E-state index in [9.17, 15) is 4.79 Å². The molecule has 0 atom stereocenters. The summed E-state index contributed by atoms with van der Waals surface area (Å²) in [5.41, 5.74) is 7.72. The number of para-hydroxylation sites is 2. The van der Waals surface area contributed by atoms with Crippen LogP contribution in [0.15, 0.2) is 39.3 Å². The monoisotopic (exact) mass is 313 g/mol. The summed E-state index contributed by atoms with van der Waals surface area (Å²) in [6.45, 7) is 4.93. The number of hydrogen-bond acceptors (Lipinski definition) is 5. The van der Waals surface area contributed by atoms with Crippen LogP contribution in [0.25, 0.3) is 11.0 Å². The molecule has 0 unspecified atom stereocenters. The Labute approximate surface area is 132 Å². The molecule has 23 heavy (non-hydrogen) atoms. The minimum absolute atomic E-state index is 0.153. The zero-order chi connectivity index (χ0) is 16.6. The second kappa shape index (κ2) is 5.71. The van der Waals surface area contributed by atoms with Crippen LogP contribution in [0.4, 0.5) is 17.5 Å². The first-order valence-electron chi connectivity index (χ1n) is 7.50. The van der Waals surface area contributed by atoms with Gasteiger partial charge in [-0.1, -0.05) is 12.1 Å². The van der Waals surface area contributed by atoms with Crippen molar-refractivity contribution in [2.75, 3.05) is 5.73 Å². The van der Waals surface area contributed by atoms with E-state index >= 15 is 0 Å². The lowest BCUT2D eigenvalue weighted by Crippen LogP contribution is -2.21. The summed E-state index contributed by atoms with van der Waals surface area (Å²) in [7, 11) is 1.86. The Morgan fingerprint density at radius 1 is 1.13 bits per heavy atom. The summed E-state index contributed by atoms with van der Waals surface area (Å²) in [5.74, 6) is 0.749. The second-order valence-corrected chi connectivity index (χ2v) is 5.13. The molecule has 0 aliphatic rings. The quantitative estimate of drug-likeness (QED) is 0.750. The smallest absolute Gasteiger partial charge is 0.296 e. The molecular formula is C15H19N7O. The fourth-order valence-electron chi connectivity index (χ4n) is 2.66. The molecule has 8 heteroatoms. The van der Waals surface area contributed by atoms with E-state index in [1.165, 1.54) is 0 Å². The van der Waals surface area contributed by atoms with Crippen molar-refractivity contribution in [1.82, 2.24) is 18.9 Å². The van der Waals surface area contributed by atoms with Gasteiger partial charge in [0.25, 0.3) is 5.56 Å². The largest absolute Gasteiger partial charge is 0.382 e. The number of aryl methyl sites for hydroxylation is 1. The minimum Gasteiger partial charge on any atom is -0.382 e. The molecular weight excluding hydrogens is 294 g/mol. The van der Waals surface area contributed by atoms with Gasteiger partial charge in [0.1, 0.15) is 0 Å². The number of nitrogens with two attached hydrogens (primary N) is 1. The predicted molar refractivity (Wildman–Crippen MR) is 89.3 cm³/mol. The van der Waals surface area contributed by atoms with Gasteiger partial charge in [0.15, 0.2) is 11.5 Å². The van der Waals surface area contributed by atoms with E-state index in [2.05, 4.69) is 15.2 Å². The van der Waals surface area contributed by atoms with Gasteiger partial charge in [-0.3, -0.25) is 9.48 Å². The molecule has 0 saturated heterocycles. The first-order chi connectivity index (χ1) is 11.1. The van der Waals surface area contributed by atoms with Crippen molar-refractivity contribution in [3.05, 3.63) is 34.6 Å². The number of hydrogen-bond donors (Lipinski definition) is 1. The van der Waals surface area contributed by atoms with Gasteiger partial charge in [-0.2, -0.15) is 0 Å². The number of fused-ring (bicyclic) bond motifs is 1. The number of rotatable bonds is 4. The van der Waals surface area contributed by atoms with Crippen LogP contribution in [0, 0.1) is 0 Å². The summed E-state index contributed by atoms with van der Waals surface area (Å²) in [6, 6.07) is 7.70. The van der Waals surface area contributed by atoms with E-state index in [-0.39, 0.29) is 11.2 Å². The van der Waals surface area contributed by atoms with Crippen molar-refractivity contribution in [2.45, 2.75) is 26.9 Å². The first-order valence-corrected chi connectivity index (χ1v) is 7.50. The SMILES string of the molecule is CCn1c(N)c(/N=N/c2nc3ccccc3n2C)c(=O)n1CC. The van der Waals surface area contributed by atoms with Crippen LogP contribution in [0.1, 0.15) is 13.8 Å². The van der Waals surface area contributed by atoms with E-state index in [1.54, 1.807) is 9.36 Å². The molecule has 3 aromatic rings. The van der Waals surface area contributed by atoms with Gasteiger partial charge >= 0.3 is 0 Å². The van der Waals surface area contributed by atoms with Gasteiger partial charge in [-0.15, -0.1) is 10.2 Å². The van der Waals surface area contributed by atoms with Crippen molar-refractivity contribution in [2.24, 2.45) is 17.3 Å².